The largest absolute Gasteiger partial charge is 0.460 e. The van der Waals surface area contributed by atoms with Crippen LogP contribution in [0.3, 0.4) is 0 Å². The second-order valence-corrected chi connectivity index (χ2v) is 7.32. The van der Waals surface area contributed by atoms with Gasteiger partial charge in [0.25, 0.3) is 0 Å². The Labute approximate surface area is 167 Å². The van der Waals surface area contributed by atoms with Crippen LogP contribution in [0.25, 0.3) is 33.3 Å². The lowest BCUT2D eigenvalue weighted by Crippen LogP contribution is -2.32. The van der Waals surface area contributed by atoms with E-state index in [1.165, 1.54) is 10.6 Å². The molecule has 0 saturated heterocycles. The number of hydrogen-bond acceptors (Lipinski definition) is 3. The summed E-state index contributed by atoms with van der Waals surface area (Å²) in [6.07, 6.45) is -7.34. The standard InChI is InChI=1S/C20H16ClF3N2O3/c1-9-3-6-14(29-9)19-10(2)17-13(26(19)8-15(27)20(22,23)24)5-4-12-18(17)11(21)7-16(28)25-12/h3-7,15,27H,8H2,1-2H3,(H,25,28). The topological polar surface area (TPSA) is 71.2 Å². The van der Waals surface area contributed by atoms with Crippen molar-refractivity contribution in [1.82, 2.24) is 9.55 Å². The minimum atomic E-state index is -4.78. The number of aryl methyl sites for hydroxylation is 2. The van der Waals surface area contributed by atoms with Crippen molar-refractivity contribution in [3.8, 4) is 11.5 Å². The quantitative estimate of drug-likeness (QED) is 0.489. The van der Waals surface area contributed by atoms with Gasteiger partial charge in [-0.2, -0.15) is 13.2 Å². The van der Waals surface area contributed by atoms with Crippen LogP contribution in [0.5, 0.6) is 0 Å². The van der Waals surface area contributed by atoms with Gasteiger partial charge in [-0.15, -0.1) is 0 Å². The van der Waals surface area contributed by atoms with Crippen LogP contribution in [0.4, 0.5) is 13.2 Å². The molecule has 3 aromatic heterocycles. The minimum absolute atomic E-state index is 0.188. The predicted octanol–water partition coefficient (Wildman–Crippen LogP) is 4.94. The highest BCUT2D eigenvalue weighted by Crippen LogP contribution is 2.40. The number of aliphatic hydroxyl groups excluding tert-OH is 1. The van der Waals surface area contributed by atoms with Gasteiger partial charge in [0.2, 0.25) is 5.56 Å². The van der Waals surface area contributed by atoms with E-state index in [1.807, 2.05) is 0 Å². The first-order chi connectivity index (χ1) is 13.6. The van der Waals surface area contributed by atoms with Crippen molar-refractivity contribution in [3.05, 3.63) is 57.0 Å². The summed E-state index contributed by atoms with van der Waals surface area (Å²) >= 11 is 6.32. The smallest absolute Gasteiger partial charge is 0.416 e. The summed E-state index contributed by atoms with van der Waals surface area (Å²) in [7, 11) is 0. The first kappa shape index (κ1) is 19.6. The summed E-state index contributed by atoms with van der Waals surface area (Å²) in [6, 6.07) is 7.77. The van der Waals surface area contributed by atoms with Crippen LogP contribution in [0.15, 0.2) is 39.5 Å². The average Bonchev–Trinajstić information content (AvgIpc) is 3.15. The first-order valence-corrected chi connectivity index (χ1v) is 9.11. The molecule has 4 rings (SSSR count). The van der Waals surface area contributed by atoms with Crippen molar-refractivity contribution in [2.24, 2.45) is 0 Å². The van der Waals surface area contributed by atoms with Crippen molar-refractivity contribution < 1.29 is 22.7 Å². The van der Waals surface area contributed by atoms with E-state index in [1.54, 1.807) is 38.1 Å². The molecule has 0 fully saturated rings. The lowest BCUT2D eigenvalue weighted by molar-refractivity contribution is -0.207. The van der Waals surface area contributed by atoms with Gasteiger partial charge in [0.15, 0.2) is 11.9 Å². The highest BCUT2D eigenvalue weighted by atomic mass is 35.5. The third-order valence-electron chi connectivity index (χ3n) is 4.94. The highest BCUT2D eigenvalue weighted by Gasteiger charge is 2.39. The monoisotopic (exact) mass is 424 g/mol. The van der Waals surface area contributed by atoms with Crippen LogP contribution < -0.4 is 5.56 Å². The lowest BCUT2D eigenvalue weighted by atomic mass is 10.1. The molecule has 0 aliphatic carbocycles. The number of hydrogen-bond donors (Lipinski definition) is 2. The number of rotatable bonds is 3. The maximum absolute atomic E-state index is 13.1. The van der Waals surface area contributed by atoms with Gasteiger partial charge >= 0.3 is 6.18 Å². The second kappa shape index (κ2) is 6.67. The Morgan fingerprint density at radius 3 is 2.55 bits per heavy atom. The second-order valence-electron chi connectivity index (χ2n) is 6.92. The van der Waals surface area contributed by atoms with E-state index >= 15 is 0 Å². The van der Waals surface area contributed by atoms with E-state index in [0.717, 1.165) is 0 Å². The maximum Gasteiger partial charge on any atom is 0.416 e. The highest BCUT2D eigenvalue weighted by molar-refractivity contribution is 6.37. The number of pyridine rings is 1. The Bertz CT molecular complexity index is 1300. The molecule has 29 heavy (non-hydrogen) atoms. The maximum atomic E-state index is 13.1. The summed E-state index contributed by atoms with van der Waals surface area (Å²) in [4.78, 5) is 14.4. The molecular weight excluding hydrogens is 409 g/mol. The fourth-order valence-corrected chi connectivity index (χ4v) is 3.99. The molecular formula is C20H16ClF3N2O3. The van der Waals surface area contributed by atoms with Crippen molar-refractivity contribution in [2.45, 2.75) is 32.7 Å². The van der Waals surface area contributed by atoms with Crippen LogP contribution in [-0.4, -0.2) is 26.9 Å². The number of aromatic amines is 1. The molecule has 0 radical (unpaired) electrons. The van der Waals surface area contributed by atoms with Gasteiger partial charge in [-0.3, -0.25) is 4.79 Å². The van der Waals surface area contributed by atoms with Crippen LogP contribution >= 0.6 is 11.6 Å². The van der Waals surface area contributed by atoms with Gasteiger partial charge in [-0.25, -0.2) is 0 Å². The molecule has 4 aromatic rings. The number of halogens is 4. The van der Waals surface area contributed by atoms with Gasteiger partial charge in [-0.1, -0.05) is 11.6 Å². The molecule has 2 N–H and O–H groups in total. The molecule has 0 bridgehead atoms. The summed E-state index contributed by atoms with van der Waals surface area (Å²) in [5.74, 6) is 0.971. The van der Waals surface area contributed by atoms with E-state index in [4.69, 9.17) is 16.0 Å². The normalized spacial score (nSPS) is 13.5. The Morgan fingerprint density at radius 1 is 1.21 bits per heavy atom. The summed E-state index contributed by atoms with van der Waals surface area (Å²) in [6.45, 7) is 2.76. The van der Waals surface area contributed by atoms with Crippen LogP contribution in [-0.2, 0) is 6.54 Å². The van der Waals surface area contributed by atoms with Gasteiger partial charge < -0.3 is 19.1 Å². The third-order valence-corrected chi connectivity index (χ3v) is 5.23. The van der Waals surface area contributed by atoms with Crippen molar-refractivity contribution >= 4 is 33.4 Å². The molecule has 0 aliphatic rings. The van der Waals surface area contributed by atoms with E-state index in [-0.39, 0.29) is 10.6 Å². The van der Waals surface area contributed by atoms with Crippen LogP contribution in [0, 0.1) is 13.8 Å². The van der Waals surface area contributed by atoms with E-state index in [0.29, 0.717) is 44.6 Å². The Morgan fingerprint density at radius 2 is 1.93 bits per heavy atom. The molecule has 9 heteroatoms. The molecule has 0 spiro atoms. The van der Waals surface area contributed by atoms with E-state index in [9.17, 15) is 23.1 Å². The van der Waals surface area contributed by atoms with E-state index < -0.39 is 18.8 Å². The number of benzene rings is 1. The molecule has 0 aliphatic heterocycles. The SMILES string of the molecule is Cc1ccc(-c2c(C)c3c4c(Cl)cc(=O)[nH]c4ccc3n2CC(O)C(F)(F)F)o1. The van der Waals surface area contributed by atoms with Gasteiger partial charge in [-0.05, 0) is 43.7 Å². The molecule has 1 unspecified atom stereocenters. The fraction of sp³-hybridized carbons (Fsp3) is 0.250. The molecule has 152 valence electrons. The number of nitrogens with one attached hydrogen (secondary N) is 1. The number of aromatic nitrogens is 2. The summed E-state index contributed by atoms with van der Waals surface area (Å²) in [5, 5.41) is 11.0. The number of furan rings is 1. The molecule has 1 aromatic carbocycles. The van der Waals surface area contributed by atoms with Crippen molar-refractivity contribution in [2.75, 3.05) is 0 Å². The Kier molecular flexibility index (Phi) is 4.51. The lowest BCUT2D eigenvalue weighted by Gasteiger charge is -2.18. The fourth-order valence-electron chi connectivity index (χ4n) is 3.69. The molecule has 0 saturated carbocycles. The number of aliphatic hydroxyl groups is 1. The molecule has 5 nitrogen and oxygen atoms in total. The van der Waals surface area contributed by atoms with Crippen molar-refractivity contribution in [1.29, 1.82) is 0 Å². The first-order valence-electron chi connectivity index (χ1n) is 8.74. The Balaban J connectivity index is 2.11. The predicted molar refractivity (Wildman–Crippen MR) is 104 cm³/mol. The van der Waals surface area contributed by atoms with Crippen LogP contribution in [0.1, 0.15) is 11.3 Å². The minimum Gasteiger partial charge on any atom is -0.460 e. The third kappa shape index (κ3) is 3.22. The van der Waals surface area contributed by atoms with Gasteiger partial charge in [0, 0.05) is 22.4 Å². The summed E-state index contributed by atoms with van der Waals surface area (Å²) in [5.41, 5.74) is 1.56. The zero-order valence-electron chi connectivity index (χ0n) is 15.4. The molecule has 1 atom stereocenters. The average molecular weight is 425 g/mol. The zero-order chi connectivity index (χ0) is 21.1. The van der Waals surface area contributed by atoms with Crippen LogP contribution in [0.2, 0.25) is 5.02 Å². The number of nitrogens with zero attached hydrogens (tertiary/aromatic N) is 1. The zero-order valence-corrected chi connectivity index (χ0v) is 16.1. The number of fused-ring (bicyclic) bond motifs is 3. The van der Waals surface area contributed by atoms with Crippen molar-refractivity contribution in [3.63, 3.8) is 0 Å². The van der Waals surface area contributed by atoms with Gasteiger partial charge in [0.1, 0.15) is 5.76 Å². The Hall–Kier alpha value is -2.71. The molecule has 3 heterocycles. The van der Waals surface area contributed by atoms with Gasteiger partial charge in [0.05, 0.1) is 22.8 Å². The van der Waals surface area contributed by atoms with E-state index in [2.05, 4.69) is 4.98 Å². The summed E-state index contributed by atoms with van der Waals surface area (Å²) < 4.78 is 46.3. The number of alkyl halides is 3. The number of H-pyrrole nitrogens is 1. The molecule has 0 amide bonds.